The van der Waals surface area contributed by atoms with Gasteiger partial charge in [-0.15, -0.1) is 0 Å². The second-order valence-corrected chi connectivity index (χ2v) is 8.47. The molecule has 5 nitrogen and oxygen atoms in total. The van der Waals surface area contributed by atoms with Crippen molar-refractivity contribution in [1.29, 1.82) is 0 Å². The van der Waals surface area contributed by atoms with E-state index in [4.69, 9.17) is 4.74 Å². The molecule has 2 amide bonds. The quantitative estimate of drug-likeness (QED) is 0.518. The van der Waals surface area contributed by atoms with Crippen molar-refractivity contribution in [1.82, 2.24) is 0 Å². The maximum atomic E-state index is 13.8. The number of para-hydroxylation sites is 2. The highest BCUT2D eigenvalue weighted by atomic mass is 16.5. The van der Waals surface area contributed by atoms with Gasteiger partial charge in [0, 0.05) is 29.5 Å². The van der Waals surface area contributed by atoms with E-state index in [1.807, 2.05) is 79.1 Å². The summed E-state index contributed by atoms with van der Waals surface area (Å²) in [6, 6.07) is 22.8. The maximum absolute atomic E-state index is 13.8. The minimum absolute atomic E-state index is 0.0719. The minimum atomic E-state index is -0.310. The number of carbonyl (C=O) groups is 2. The van der Waals surface area contributed by atoms with Crippen molar-refractivity contribution in [2.75, 3.05) is 23.5 Å². The summed E-state index contributed by atoms with van der Waals surface area (Å²) in [5.74, 6) is 0.397. The first-order chi connectivity index (χ1) is 16.0. The molecule has 3 aromatic rings. The normalized spacial score (nSPS) is 17.3. The Morgan fingerprint density at radius 3 is 2.33 bits per heavy atom. The lowest BCUT2D eigenvalue weighted by Crippen LogP contribution is -2.47. The fourth-order valence-electron chi connectivity index (χ4n) is 4.73. The van der Waals surface area contributed by atoms with Crippen molar-refractivity contribution < 1.29 is 14.3 Å². The van der Waals surface area contributed by atoms with Gasteiger partial charge in [-0.1, -0.05) is 36.4 Å². The Labute approximate surface area is 195 Å². The van der Waals surface area contributed by atoms with Gasteiger partial charge in [-0.2, -0.15) is 0 Å². The number of fused-ring (bicyclic) bond motifs is 1. The summed E-state index contributed by atoms with van der Waals surface area (Å²) in [6.45, 7) is 6.63. The smallest absolute Gasteiger partial charge is 0.258 e. The lowest BCUT2D eigenvalue weighted by atomic mass is 9.84. The highest BCUT2D eigenvalue weighted by Crippen LogP contribution is 2.41. The molecule has 0 saturated carbocycles. The van der Waals surface area contributed by atoms with Gasteiger partial charge in [0.25, 0.3) is 5.91 Å². The van der Waals surface area contributed by atoms with Gasteiger partial charge in [0.1, 0.15) is 5.75 Å². The molecule has 0 bridgehead atoms. The summed E-state index contributed by atoms with van der Waals surface area (Å²) in [7, 11) is 1.60. The van der Waals surface area contributed by atoms with Crippen LogP contribution in [0.4, 0.5) is 11.4 Å². The van der Waals surface area contributed by atoms with Gasteiger partial charge in [0.15, 0.2) is 0 Å². The van der Waals surface area contributed by atoms with Crippen molar-refractivity contribution in [3.8, 4) is 5.75 Å². The molecule has 3 aromatic carbocycles. The number of amides is 2. The van der Waals surface area contributed by atoms with Gasteiger partial charge in [-0.05, 0) is 74.7 Å². The number of carbonyl (C=O) groups excluding carboxylic acids is 2. The highest BCUT2D eigenvalue weighted by Gasteiger charge is 2.39. The lowest BCUT2D eigenvalue weighted by Gasteiger charge is -2.40. The summed E-state index contributed by atoms with van der Waals surface area (Å²) in [6.07, 6.45) is 0.570. The number of nitrogens with zero attached hydrogens (tertiary/aromatic N) is 2. The topological polar surface area (TPSA) is 49.9 Å². The number of anilines is 2. The second-order valence-electron chi connectivity index (χ2n) is 8.47. The van der Waals surface area contributed by atoms with Gasteiger partial charge in [-0.25, -0.2) is 0 Å². The fraction of sp³-hybridized carbons (Fsp3) is 0.286. The zero-order valence-corrected chi connectivity index (χ0v) is 19.6. The van der Waals surface area contributed by atoms with Gasteiger partial charge in [-0.3, -0.25) is 9.59 Å². The first-order valence-electron chi connectivity index (χ1n) is 11.4. The van der Waals surface area contributed by atoms with Crippen LogP contribution >= 0.6 is 0 Å². The van der Waals surface area contributed by atoms with Crippen LogP contribution in [0.5, 0.6) is 5.75 Å². The van der Waals surface area contributed by atoms with Crippen LogP contribution in [0, 0.1) is 6.92 Å². The molecule has 0 radical (unpaired) electrons. The second kappa shape index (κ2) is 9.49. The van der Waals surface area contributed by atoms with Crippen molar-refractivity contribution in [2.24, 2.45) is 0 Å². The van der Waals surface area contributed by atoms with Crippen LogP contribution in [0.15, 0.2) is 72.8 Å². The predicted molar refractivity (Wildman–Crippen MR) is 132 cm³/mol. The van der Waals surface area contributed by atoms with E-state index in [2.05, 4.69) is 0 Å². The van der Waals surface area contributed by atoms with E-state index in [0.717, 1.165) is 22.5 Å². The average molecular weight is 443 g/mol. The van der Waals surface area contributed by atoms with E-state index in [0.29, 0.717) is 24.3 Å². The summed E-state index contributed by atoms with van der Waals surface area (Å²) in [5.41, 5.74) is 4.30. The molecule has 33 heavy (non-hydrogen) atoms. The van der Waals surface area contributed by atoms with Crippen LogP contribution < -0.4 is 14.5 Å². The predicted octanol–water partition coefficient (Wildman–Crippen LogP) is 5.58. The molecule has 4 rings (SSSR count). The Morgan fingerprint density at radius 1 is 1.00 bits per heavy atom. The molecular formula is C28H30N2O3. The number of methoxy groups -OCH3 is 1. The van der Waals surface area contributed by atoms with E-state index in [1.165, 1.54) is 0 Å². The first kappa shape index (κ1) is 22.6. The van der Waals surface area contributed by atoms with Crippen LogP contribution in [0.2, 0.25) is 0 Å². The number of benzene rings is 3. The zero-order valence-electron chi connectivity index (χ0n) is 19.6. The third-order valence-electron chi connectivity index (χ3n) is 6.43. The van der Waals surface area contributed by atoms with Gasteiger partial charge >= 0.3 is 0 Å². The Morgan fingerprint density at radius 2 is 1.67 bits per heavy atom. The molecule has 0 fully saturated rings. The summed E-state index contributed by atoms with van der Waals surface area (Å²) in [4.78, 5) is 31.0. The van der Waals surface area contributed by atoms with Crippen LogP contribution in [0.25, 0.3) is 0 Å². The summed E-state index contributed by atoms with van der Waals surface area (Å²) < 4.78 is 5.22. The van der Waals surface area contributed by atoms with Crippen LogP contribution in [-0.2, 0) is 4.79 Å². The third kappa shape index (κ3) is 4.23. The van der Waals surface area contributed by atoms with Crippen molar-refractivity contribution >= 4 is 23.2 Å². The molecule has 1 heterocycles. The monoisotopic (exact) mass is 442 g/mol. The SMILES string of the molecule is CCN(C(=O)[C@@H]1C[C@@H](C)N(C(=O)c2ccc(OC)cc2)c2ccccc21)c1ccccc1C. The maximum Gasteiger partial charge on any atom is 0.258 e. The number of hydrogen-bond acceptors (Lipinski definition) is 3. The number of aryl methyl sites for hydroxylation is 1. The van der Waals surface area contributed by atoms with E-state index in [1.54, 1.807) is 31.4 Å². The number of rotatable bonds is 5. The minimum Gasteiger partial charge on any atom is -0.497 e. The third-order valence-corrected chi connectivity index (χ3v) is 6.43. The van der Waals surface area contributed by atoms with Crippen LogP contribution in [-0.4, -0.2) is 31.5 Å². The van der Waals surface area contributed by atoms with Crippen molar-refractivity contribution in [2.45, 2.75) is 39.2 Å². The number of ether oxygens (including phenoxy) is 1. The number of hydrogen-bond donors (Lipinski definition) is 0. The number of likely N-dealkylation sites (N-methyl/N-ethyl adjacent to an activating group) is 1. The molecule has 0 unspecified atom stereocenters. The van der Waals surface area contributed by atoms with Crippen LogP contribution in [0.3, 0.4) is 0 Å². The first-order valence-corrected chi connectivity index (χ1v) is 11.4. The molecule has 0 spiro atoms. The average Bonchev–Trinajstić information content (AvgIpc) is 2.84. The van der Waals surface area contributed by atoms with Gasteiger partial charge < -0.3 is 14.5 Å². The van der Waals surface area contributed by atoms with Gasteiger partial charge in [0.05, 0.1) is 13.0 Å². The van der Waals surface area contributed by atoms with E-state index in [-0.39, 0.29) is 23.8 Å². The molecule has 0 N–H and O–H groups in total. The highest BCUT2D eigenvalue weighted by molar-refractivity contribution is 6.09. The molecular weight excluding hydrogens is 412 g/mol. The molecule has 0 saturated heterocycles. The Kier molecular flexibility index (Phi) is 6.50. The van der Waals surface area contributed by atoms with Crippen molar-refractivity contribution in [3.63, 3.8) is 0 Å². The summed E-state index contributed by atoms with van der Waals surface area (Å²) >= 11 is 0. The fourth-order valence-corrected chi connectivity index (χ4v) is 4.73. The van der Waals surface area contributed by atoms with E-state index >= 15 is 0 Å². The molecule has 0 aromatic heterocycles. The lowest BCUT2D eigenvalue weighted by molar-refractivity contribution is -0.120. The summed E-state index contributed by atoms with van der Waals surface area (Å²) in [5, 5.41) is 0. The molecule has 5 heteroatoms. The largest absolute Gasteiger partial charge is 0.497 e. The standard InChI is InChI=1S/C28H30N2O3/c1-5-29(25-12-8-6-10-19(25)2)28(32)24-18-20(3)30(26-13-9-7-11-23(24)26)27(31)21-14-16-22(33-4)17-15-21/h6-17,20,24H,5,18H2,1-4H3/t20-,24-/m1/s1. The molecule has 1 aliphatic rings. The zero-order chi connectivity index (χ0) is 23.5. The van der Waals surface area contributed by atoms with Gasteiger partial charge in [0.2, 0.25) is 5.91 Å². The molecule has 1 aliphatic heterocycles. The Hall–Kier alpha value is -3.60. The van der Waals surface area contributed by atoms with Crippen molar-refractivity contribution in [3.05, 3.63) is 89.5 Å². The Balaban J connectivity index is 1.70. The molecule has 0 aliphatic carbocycles. The molecule has 2 atom stereocenters. The molecule has 170 valence electrons. The Bertz CT molecular complexity index is 1160. The van der Waals surface area contributed by atoms with Crippen LogP contribution in [0.1, 0.15) is 47.7 Å². The van der Waals surface area contributed by atoms with E-state index in [9.17, 15) is 9.59 Å². The van der Waals surface area contributed by atoms with E-state index < -0.39 is 0 Å².